The normalized spacial score (nSPS) is 12.9. The van der Waals surface area contributed by atoms with Gasteiger partial charge in [0.05, 0.1) is 34.4 Å². The van der Waals surface area contributed by atoms with Crippen LogP contribution in [0.3, 0.4) is 0 Å². The number of hydrogen-bond acceptors (Lipinski definition) is 7. The number of quaternary nitrogens is 1. The van der Waals surface area contributed by atoms with Crippen LogP contribution in [0, 0.1) is 0 Å². The standard InChI is InChI=1S/C76H141NO8/c1-6-8-10-12-14-16-18-20-22-24-26-27-28-29-30-31-32-33-34-35-36-37-38-39-40-41-42-43-44-45-46-47-49-51-53-55-57-59-61-63-65-67-74(79)85-72(71-84-76(75(80)81)82-69-68-77(3,4)5)70-83-73(78)66-64-62-60-58-56-54-52-50-48-25-23-21-19-17-15-13-11-9-7-2/h15,17-18,20-21,23-24,26,72,76H,6-14,16,19,22,25,27-71H2,1-5H3/p+1/b17-15-,20-18-,23-21-,26-24-. The first-order valence-electron chi connectivity index (χ1n) is 36.8. The minimum absolute atomic E-state index is 0.180. The lowest BCUT2D eigenvalue weighted by Gasteiger charge is -2.25. The molecule has 0 spiro atoms. The fraction of sp³-hybridized carbons (Fsp3) is 0.855. The molecule has 0 rings (SSSR count). The zero-order chi connectivity index (χ0) is 61.9. The number of allylic oxidation sites excluding steroid dienone is 8. The molecule has 85 heavy (non-hydrogen) atoms. The molecule has 0 aromatic carbocycles. The van der Waals surface area contributed by atoms with Crippen LogP contribution in [-0.4, -0.2) is 87.4 Å². The van der Waals surface area contributed by atoms with Gasteiger partial charge in [-0.2, -0.15) is 0 Å². The molecule has 1 N–H and O–H groups in total. The first-order valence-corrected chi connectivity index (χ1v) is 36.8. The molecule has 2 atom stereocenters. The third-order valence-corrected chi connectivity index (χ3v) is 16.6. The summed E-state index contributed by atoms with van der Waals surface area (Å²) in [4.78, 5) is 37.6. The van der Waals surface area contributed by atoms with Crippen LogP contribution in [0.2, 0.25) is 0 Å². The first-order chi connectivity index (χ1) is 41.6. The summed E-state index contributed by atoms with van der Waals surface area (Å²) in [5.74, 6) is -1.99. The Labute approximate surface area is 527 Å². The van der Waals surface area contributed by atoms with Crippen molar-refractivity contribution in [1.29, 1.82) is 0 Å². The molecule has 0 bridgehead atoms. The molecule has 0 fully saturated rings. The third kappa shape index (κ3) is 68.6. The molecular formula is C76H142NO8+. The average Bonchev–Trinajstić information content (AvgIpc) is 3.50. The van der Waals surface area contributed by atoms with Crippen molar-refractivity contribution in [1.82, 2.24) is 0 Å². The maximum atomic E-state index is 12.9. The molecule has 0 aliphatic heterocycles. The fourth-order valence-electron chi connectivity index (χ4n) is 10.9. The predicted octanol–water partition coefficient (Wildman–Crippen LogP) is 22.9. The van der Waals surface area contributed by atoms with Crippen LogP contribution in [0.15, 0.2) is 48.6 Å². The molecule has 9 nitrogen and oxygen atoms in total. The van der Waals surface area contributed by atoms with E-state index in [9.17, 15) is 19.5 Å². The van der Waals surface area contributed by atoms with E-state index in [0.717, 1.165) is 51.4 Å². The van der Waals surface area contributed by atoms with Crippen LogP contribution in [0.4, 0.5) is 0 Å². The molecule has 2 unspecified atom stereocenters. The van der Waals surface area contributed by atoms with Gasteiger partial charge in [-0.05, 0) is 77.0 Å². The summed E-state index contributed by atoms with van der Waals surface area (Å²) in [5.41, 5.74) is 0. The van der Waals surface area contributed by atoms with Crippen LogP contribution in [0.5, 0.6) is 0 Å². The van der Waals surface area contributed by atoms with Crippen LogP contribution >= 0.6 is 0 Å². The van der Waals surface area contributed by atoms with Crippen LogP contribution in [-0.2, 0) is 33.3 Å². The number of ether oxygens (including phenoxy) is 4. The second-order valence-corrected chi connectivity index (χ2v) is 26.3. The number of aliphatic carboxylic acids is 1. The van der Waals surface area contributed by atoms with Crippen LogP contribution < -0.4 is 0 Å². The Hall–Kier alpha value is -2.75. The number of carboxylic acids is 1. The van der Waals surface area contributed by atoms with Crippen molar-refractivity contribution in [2.45, 2.75) is 373 Å². The second-order valence-electron chi connectivity index (χ2n) is 26.3. The Kier molecular flexibility index (Phi) is 65.0. The third-order valence-electron chi connectivity index (χ3n) is 16.6. The van der Waals surface area contributed by atoms with Crippen molar-refractivity contribution in [2.24, 2.45) is 0 Å². The van der Waals surface area contributed by atoms with E-state index in [-0.39, 0.29) is 38.2 Å². The second kappa shape index (κ2) is 67.2. The highest BCUT2D eigenvalue weighted by Crippen LogP contribution is 2.19. The van der Waals surface area contributed by atoms with Gasteiger partial charge in [0, 0.05) is 12.8 Å². The number of hydrogen-bond donors (Lipinski definition) is 1. The van der Waals surface area contributed by atoms with Gasteiger partial charge in [0.15, 0.2) is 6.10 Å². The maximum Gasteiger partial charge on any atom is 0.361 e. The lowest BCUT2D eigenvalue weighted by molar-refractivity contribution is -0.870. The summed E-state index contributed by atoms with van der Waals surface area (Å²) in [7, 11) is 5.99. The number of unbranched alkanes of at least 4 members (excludes halogenated alkanes) is 46. The largest absolute Gasteiger partial charge is 0.477 e. The van der Waals surface area contributed by atoms with Crippen molar-refractivity contribution >= 4 is 17.9 Å². The summed E-state index contributed by atoms with van der Waals surface area (Å²) in [6.07, 6.45) is 84.0. The Morgan fingerprint density at radius 3 is 0.953 bits per heavy atom. The molecule has 498 valence electrons. The van der Waals surface area contributed by atoms with Crippen LogP contribution in [0.25, 0.3) is 0 Å². The van der Waals surface area contributed by atoms with Gasteiger partial charge >= 0.3 is 17.9 Å². The lowest BCUT2D eigenvalue weighted by Crippen LogP contribution is -2.40. The van der Waals surface area contributed by atoms with Gasteiger partial charge in [-0.1, -0.05) is 319 Å². The summed E-state index contributed by atoms with van der Waals surface area (Å²) >= 11 is 0. The molecular weight excluding hydrogens is 1050 g/mol. The van der Waals surface area contributed by atoms with E-state index < -0.39 is 18.4 Å². The van der Waals surface area contributed by atoms with Gasteiger partial charge in [-0.25, -0.2) is 4.79 Å². The summed E-state index contributed by atoms with van der Waals surface area (Å²) < 4.78 is 23.0. The smallest absolute Gasteiger partial charge is 0.361 e. The highest BCUT2D eigenvalue weighted by molar-refractivity contribution is 5.71. The predicted molar refractivity (Wildman–Crippen MR) is 364 cm³/mol. The van der Waals surface area contributed by atoms with Gasteiger partial charge in [-0.15, -0.1) is 0 Å². The highest BCUT2D eigenvalue weighted by Gasteiger charge is 2.25. The molecule has 0 heterocycles. The Bertz CT molecular complexity index is 1530. The van der Waals surface area contributed by atoms with E-state index in [2.05, 4.69) is 62.5 Å². The van der Waals surface area contributed by atoms with Gasteiger partial charge in [0.2, 0.25) is 0 Å². The molecule has 0 saturated carbocycles. The lowest BCUT2D eigenvalue weighted by atomic mass is 10.0. The van der Waals surface area contributed by atoms with Crippen molar-refractivity contribution in [3.63, 3.8) is 0 Å². The summed E-state index contributed by atoms with van der Waals surface area (Å²) in [6, 6.07) is 0. The molecule has 0 aromatic rings. The van der Waals surface area contributed by atoms with E-state index in [4.69, 9.17) is 18.9 Å². The minimum Gasteiger partial charge on any atom is -0.477 e. The van der Waals surface area contributed by atoms with Gasteiger partial charge in [-0.3, -0.25) is 9.59 Å². The summed E-state index contributed by atoms with van der Waals surface area (Å²) in [5, 5.41) is 9.74. The number of esters is 2. The number of nitrogens with zero attached hydrogens (tertiary/aromatic N) is 1. The molecule has 0 aromatic heterocycles. The molecule has 0 aliphatic carbocycles. The molecule has 0 radical (unpaired) electrons. The fourth-order valence-corrected chi connectivity index (χ4v) is 10.9. The van der Waals surface area contributed by atoms with Gasteiger partial charge < -0.3 is 28.5 Å². The molecule has 9 heteroatoms. The topological polar surface area (TPSA) is 108 Å². The molecule has 0 amide bonds. The summed E-state index contributed by atoms with van der Waals surface area (Å²) in [6.45, 7) is 4.89. The Morgan fingerprint density at radius 1 is 0.353 bits per heavy atom. The van der Waals surface area contributed by atoms with Crippen molar-refractivity contribution < 1.29 is 42.9 Å². The number of carbonyl (C=O) groups excluding carboxylic acids is 2. The SMILES string of the molecule is CCCCC/C=C\C/C=C\CCCCCCCCCCCC(=O)OCC(COC(OCC[N+](C)(C)C)C(=O)O)OC(=O)CCCCCCCCCCCCCCCCCCCCCCCCCCCCCCC/C=C\C/C=C\CCCCCCC. The van der Waals surface area contributed by atoms with E-state index >= 15 is 0 Å². The number of rotatable bonds is 69. The van der Waals surface area contributed by atoms with Gasteiger partial charge in [0.25, 0.3) is 6.29 Å². The minimum atomic E-state index is -1.51. The van der Waals surface area contributed by atoms with E-state index in [1.165, 1.54) is 283 Å². The molecule has 0 saturated heterocycles. The van der Waals surface area contributed by atoms with Gasteiger partial charge in [0.1, 0.15) is 13.2 Å². The van der Waals surface area contributed by atoms with E-state index in [0.29, 0.717) is 17.4 Å². The highest BCUT2D eigenvalue weighted by atomic mass is 16.7. The Morgan fingerprint density at radius 2 is 0.635 bits per heavy atom. The monoisotopic (exact) mass is 1200 g/mol. The number of carbonyl (C=O) groups is 3. The molecule has 0 aliphatic rings. The Balaban J connectivity index is 3.93. The number of carboxylic acid groups (broad SMARTS) is 1. The zero-order valence-corrected chi connectivity index (χ0v) is 57.0. The van der Waals surface area contributed by atoms with Crippen molar-refractivity contribution in [3.05, 3.63) is 48.6 Å². The average molecular weight is 1200 g/mol. The van der Waals surface area contributed by atoms with E-state index in [1.807, 2.05) is 21.1 Å². The first kappa shape index (κ1) is 82.2. The van der Waals surface area contributed by atoms with E-state index in [1.54, 1.807) is 0 Å². The van der Waals surface area contributed by atoms with Crippen molar-refractivity contribution in [3.8, 4) is 0 Å². The van der Waals surface area contributed by atoms with Crippen molar-refractivity contribution in [2.75, 3.05) is 47.5 Å². The number of likely N-dealkylation sites (N-methyl/N-ethyl adjacent to an activating group) is 1. The van der Waals surface area contributed by atoms with Crippen LogP contribution in [0.1, 0.15) is 361 Å². The quantitative estimate of drug-likeness (QED) is 0.0211. The maximum absolute atomic E-state index is 12.9. The zero-order valence-electron chi connectivity index (χ0n) is 57.0.